The summed E-state index contributed by atoms with van der Waals surface area (Å²) in [4.78, 5) is 0. The van der Waals surface area contributed by atoms with Crippen LogP contribution in [-0.4, -0.2) is 0 Å². The predicted octanol–water partition coefficient (Wildman–Crippen LogP) is 27.1. The van der Waals surface area contributed by atoms with Crippen LogP contribution in [0.15, 0.2) is 364 Å². The van der Waals surface area contributed by atoms with Crippen LogP contribution in [0.2, 0.25) is 0 Å². The molecule has 0 aliphatic rings. The average Bonchev–Trinajstić information content (AvgIpc) is 0.754. The van der Waals surface area contributed by atoms with Gasteiger partial charge in [0, 0.05) is 0 Å². The molecule has 444 valence electrons. The van der Waals surface area contributed by atoms with Crippen molar-refractivity contribution in [1.82, 2.24) is 0 Å². The lowest BCUT2D eigenvalue weighted by molar-refractivity contribution is 1.62. The summed E-state index contributed by atoms with van der Waals surface area (Å²) in [7, 11) is 0. The molecule has 0 aromatic heterocycles. The first kappa shape index (κ1) is 55.2. The monoisotopic (exact) mass is 1210 g/mol. The van der Waals surface area contributed by atoms with E-state index in [9.17, 15) is 0 Å². The van der Waals surface area contributed by atoms with E-state index < -0.39 is 0 Å². The number of rotatable bonds is 9. The lowest BCUT2D eigenvalue weighted by atomic mass is 9.83. The fourth-order valence-electron chi connectivity index (χ4n) is 16.0. The topological polar surface area (TPSA) is 0 Å². The van der Waals surface area contributed by atoms with Crippen LogP contribution in [-0.2, 0) is 0 Å². The molecule has 0 bridgehead atoms. The second kappa shape index (κ2) is 22.7. The summed E-state index contributed by atoms with van der Waals surface area (Å²) in [6.07, 6.45) is 0. The molecular weight excluding hydrogens is 1150 g/mol. The van der Waals surface area contributed by atoms with E-state index in [0.717, 1.165) is 0 Å². The molecule has 96 heavy (non-hydrogen) atoms. The summed E-state index contributed by atoms with van der Waals surface area (Å²) in [5.41, 5.74) is 22.1. The van der Waals surface area contributed by atoms with E-state index in [1.165, 1.54) is 197 Å². The fraction of sp³-hybridized carbons (Fsp3) is 0. The van der Waals surface area contributed by atoms with Crippen LogP contribution in [0.3, 0.4) is 0 Å². The molecule has 0 aliphatic heterocycles. The molecule has 0 spiro atoms. The van der Waals surface area contributed by atoms with Gasteiger partial charge in [-0.3, -0.25) is 0 Å². The van der Waals surface area contributed by atoms with Gasteiger partial charge < -0.3 is 0 Å². The summed E-state index contributed by atoms with van der Waals surface area (Å²) < 4.78 is 0. The Hall–Kier alpha value is -12.5. The third-order valence-electron chi connectivity index (χ3n) is 20.5. The quantitative estimate of drug-likeness (QED) is 0.126. The number of fused-ring (bicyclic) bond motifs is 9. The number of hydrogen-bond donors (Lipinski definition) is 0. The standard InChI is InChI=1S/C96H60/c1-2-20-61(21-3-1)68-51-53-71-59-69(52-54-70(71)58-68)63-42-47-65(48-43-63)93-84-26-8-12-30-88(84)95(89-31-13-9-27-85(89)93)83-41-19-39-80-79(38-18-40-82(80)83)78-37-17-35-76-73(34-16-36-77(76)78)64-45-49-66(50-46-64)94-86-28-10-14-32-90(86)96(91-33-15-11-29-87(91)94)92-57-56-74(75-24-6-7-25-81(75)92)72-55-44-62-22-4-5-23-67(62)60-72/h1-60H. The Kier molecular flexibility index (Phi) is 13.0. The smallest absolute Gasteiger partial charge is 0.00201 e. The Morgan fingerprint density at radius 2 is 0.365 bits per heavy atom. The van der Waals surface area contributed by atoms with Crippen LogP contribution < -0.4 is 0 Å². The normalized spacial score (nSPS) is 11.8. The minimum absolute atomic E-state index is 1.19. The third-order valence-corrected chi connectivity index (χ3v) is 20.5. The van der Waals surface area contributed by atoms with Crippen molar-refractivity contribution in [1.29, 1.82) is 0 Å². The second-order valence-corrected chi connectivity index (χ2v) is 25.7. The van der Waals surface area contributed by atoms with E-state index in [-0.39, 0.29) is 0 Å². The third kappa shape index (κ3) is 9.06. The molecule has 0 unspecified atom stereocenters. The molecule has 0 fully saturated rings. The summed E-state index contributed by atoms with van der Waals surface area (Å²) in [5.74, 6) is 0. The molecule has 0 amide bonds. The lowest BCUT2D eigenvalue weighted by Crippen LogP contribution is -1.93. The van der Waals surface area contributed by atoms with E-state index in [1.54, 1.807) is 0 Å². The average molecular weight is 1210 g/mol. The van der Waals surface area contributed by atoms with E-state index in [4.69, 9.17) is 0 Å². The molecule has 19 aromatic rings. The van der Waals surface area contributed by atoms with Crippen LogP contribution >= 0.6 is 0 Å². The molecule has 0 radical (unpaired) electrons. The van der Waals surface area contributed by atoms with Gasteiger partial charge in [-0.25, -0.2) is 0 Å². The Balaban J connectivity index is 0.674. The van der Waals surface area contributed by atoms with Crippen LogP contribution in [0.5, 0.6) is 0 Å². The first-order valence-corrected chi connectivity index (χ1v) is 33.4. The van der Waals surface area contributed by atoms with Crippen molar-refractivity contribution >= 4 is 97.0 Å². The molecule has 0 saturated carbocycles. The van der Waals surface area contributed by atoms with Gasteiger partial charge in [-0.2, -0.15) is 0 Å². The van der Waals surface area contributed by atoms with E-state index in [2.05, 4.69) is 364 Å². The first-order chi connectivity index (χ1) is 47.6. The molecular formula is C96H60. The summed E-state index contributed by atoms with van der Waals surface area (Å²) in [6.45, 7) is 0. The van der Waals surface area contributed by atoms with E-state index in [0.29, 0.717) is 0 Å². The van der Waals surface area contributed by atoms with Gasteiger partial charge in [-0.15, -0.1) is 0 Å². The van der Waals surface area contributed by atoms with Crippen molar-refractivity contribution in [3.63, 3.8) is 0 Å². The van der Waals surface area contributed by atoms with Crippen LogP contribution in [0.1, 0.15) is 0 Å². The van der Waals surface area contributed by atoms with Crippen LogP contribution in [0.4, 0.5) is 0 Å². The molecule has 0 saturated heterocycles. The highest BCUT2D eigenvalue weighted by Gasteiger charge is 2.23. The van der Waals surface area contributed by atoms with Gasteiger partial charge in [-0.05, 0) is 215 Å². The van der Waals surface area contributed by atoms with Gasteiger partial charge in [0.25, 0.3) is 0 Å². The SMILES string of the molecule is c1ccc(-c2ccc3cc(-c4ccc(-c5c6ccccc6c(-c6cccc7c(-c8cccc9c(-c%10ccc(-c%11c%12ccccc%12c(-c%12ccc(-c%13ccc%14ccccc%14c%13)c%13ccccc%12%13)c%12ccccc%11%12)cc%10)cccc89)cccc67)c6ccccc56)cc4)ccc3c2)cc1. The molecule has 0 aliphatic carbocycles. The zero-order valence-electron chi connectivity index (χ0n) is 52.6. The molecule has 0 N–H and O–H groups in total. The highest BCUT2D eigenvalue weighted by molar-refractivity contribution is 6.26. The van der Waals surface area contributed by atoms with Crippen LogP contribution in [0, 0.1) is 0 Å². The Labute approximate surface area is 557 Å². The predicted molar refractivity (Wildman–Crippen MR) is 413 cm³/mol. The highest BCUT2D eigenvalue weighted by Crippen LogP contribution is 2.50. The maximum atomic E-state index is 2.36. The van der Waals surface area contributed by atoms with Gasteiger partial charge in [0.15, 0.2) is 0 Å². The minimum Gasteiger partial charge on any atom is -0.0622 e. The van der Waals surface area contributed by atoms with Crippen molar-refractivity contribution < 1.29 is 0 Å². The Morgan fingerprint density at radius 3 is 0.844 bits per heavy atom. The van der Waals surface area contributed by atoms with Gasteiger partial charge in [0.05, 0.1) is 0 Å². The molecule has 0 nitrogen and oxygen atoms in total. The van der Waals surface area contributed by atoms with Gasteiger partial charge in [0.1, 0.15) is 0 Å². The Morgan fingerprint density at radius 1 is 0.104 bits per heavy atom. The summed E-state index contributed by atoms with van der Waals surface area (Å²) >= 11 is 0. The zero-order chi connectivity index (χ0) is 63.2. The lowest BCUT2D eigenvalue weighted by Gasteiger charge is -2.20. The highest BCUT2D eigenvalue weighted by atomic mass is 14.3. The molecule has 0 atom stereocenters. The van der Waals surface area contributed by atoms with E-state index in [1.807, 2.05) is 0 Å². The maximum absolute atomic E-state index is 2.36. The van der Waals surface area contributed by atoms with Gasteiger partial charge in [0.2, 0.25) is 0 Å². The van der Waals surface area contributed by atoms with Crippen molar-refractivity contribution in [2.45, 2.75) is 0 Å². The van der Waals surface area contributed by atoms with Crippen molar-refractivity contribution in [3.05, 3.63) is 364 Å². The van der Waals surface area contributed by atoms with Gasteiger partial charge in [-0.1, -0.05) is 346 Å². The molecule has 0 heteroatoms. The first-order valence-electron chi connectivity index (χ1n) is 33.4. The largest absolute Gasteiger partial charge is 0.0622 e. The second-order valence-electron chi connectivity index (χ2n) is 25.7. The van der Waals surface area contributed by atoms with Crippen LogP contribution in [0.25, 0.3) is 197 Å². The van der Waals surface area contributed by atoms with Gasteiger partial charge >= 0.3 is 0 Å². The summed E-state index contributed by atoms with van der Waals surface area (Å²) in [5, 5.41) is 22.3. The van der Waals surface area contributed by atoms with Crippen molar-refractivity contribution in [3.8, 4) is 100 Å². The number of hydrogen-bond acceptors (Lipinski definition) is 0. The number of benzene rings is 19. The molecule has 0 heterocycles. The summed E-state index contributed by atoms with van der Waals surface area (Å²) in [6, 6.07) is 136. The maximum Gasteiger partial charge on any atom is -0.00201 e. The zero-order valence-corrected chi connectivity index (χ0v) is 52.6. The van der Waals surface area contributed by atoms with Crippen molar-refractivity contribution in [2.24, 2.45) is 0 Å². The minimum atomic E-state index is 1.19. The fourth-order valence-corrected chi connectivity index (χ4v) is 16.0. The van der Waals surface area contributed by atoms with E-state index >= 15 is 0 Å². The van der Waals surface area contributed by atoms with Crippen molar-refractivity contribution in [2.75, 3.05) is 0 Å². The molecule has 19 aromatic carbocycles. The molecule has 19 rings (SSSR count). The Bertz CT molecular complexity index is 6240.